The van der Waals surface area contributed by atoms with Crippen molar-refractivity contribution in [3.63, 3.8) is 0 Å². The Morgan fingerprint density at radius 1 is 0.672 bits per heavy atom. The normalized spacial score (nSPS) is 11.7. The molecule has 0 aliphatic heterocycles. The van der Waals surface area contributed by atoms with Crippen molar-refractivity contribution in [3.8, 4) is 22.9 Å². The van der Waals surface area contributed by atoms with Crippen LogP contribution in [0.5, 0.6) is 0 Å². The molecule has 326 valence electrons. The SMILES string of the molecule is CC(C)NC(=O)c1cc2ccc(-n3cc(Nc4ccc5c(cnn5-c5n[nH]c6ccc(Nc7ccnc(-c8ccc9cc(C(=O)Nc%10ccnc%11[nH]ccc%10%11)[nH]c9c8)n7)cc56)c4)cn3)cc2[nH]1. The summed E-state index contributed by atoms with van der Waals surface area (Å²) in [5.41, 5.74) is 9.80. The Kier molecular flexibility index (Phi) is 9.09. The molecule has 8 N–H and O–H groups in total. The second-order valence-corrected chi connectivity index (χ2v) is 16.4. The van der Waals surface area contributed by atoms with E-state index >= 15 is 0 Å². The number of amides is 2. The molecule has 18 nitrogen and oxygen atoms in total. The number of pyridine rings is 1. The van der Waals surface area contributed by atoms with E-state index in [0.717, 1.165) is 77.3 Å². The van der Waals surface area contributed by atoms with Crippen LogP contribution in [0.4, 0.5) is 28.6 Å². The van der Waals surface area contributed by atoms with Crippen molar-refractivity contribution >= 4 is 95.0 Å². The Bertz CT molecular complexity index is 3880. The molecule has 0 fully saturated rings. The number of H-pyrrole nitrogens is 4. The Morgan fingerprint density at radius 3 is 2.36 bits per heavy atom. The van der Waals surface area contributed by atoms with Crippen molar-refractivity contribution in [1.29, 1.82) is 0 Å². The van der Waals surface area contributed by atoms with Gasteiger partial charge in [-0.3, -0.25) is 14.7 Å². The van der Waals surface area contributed by atoms with E-state index in [1.165, 1.54) is 0 Å². The van der Waals surface area contributed by atoms with Crippen molar-refractivity contribution in [2.45, 2.75) is 19.9 Å². The molecule has 0 saturated heterocycles. The molecule has 2 amide bonds. The molecule has 8 heterocycles. The topological polar surface area (TPSA) is 233 Å². The number of nitrogens with zero attached hydrogens (tertiary/aromatic N) is 8. The van der Waals surface area contributed by atoms with Gasteiger partial charge in [-0.05, 0) is 98.8 Å². The van der Waals surface area contributed by atoms with Gasteiger partial charge in [-0.1, -0.05) is 18.2 Å². The molecule has 0 unspecified atom stereocenters. The van der Waals surface area contributed by atoms with Crippen molar-refractivity contribution < 1.29 is 9.59 Å². The number of carbonyl (C=O) groups is 2. The Hall–Kier alpha value is -9.58. The second kappa shape index (κ2) is 15.6. The summed E-state index contributed by atoms with van der Waals surface area (Å²) >= 11 is 0. The molecule has 0 bridgehead atoms. The lowest BCUT2D eigenvalue weighted by molar-refractivity contribution is 0.0938. The van der Waals surface area contributed by atoms with Gasteiger partial charge >= 0.3 is 0 Å². The van der Waals surface area contributed by atoms with Crippen LogP contribution in [0.1, 0.15) is 34.8 Å². The van der Waals surface area contributed by atoms with Crippen molar-refractivity contribution in [2.75, 3.05) is 16.0 Å². The third kappa shape index (κ3) is 7.29. The summed E-state index contributed by atoms with van der Waals surface area (Å²) in [4.78, 5) is 49.1. The van der Waals surface area contributed by atoms with Crippen LogP contribution in [0.25, 0.3) is 77.5 Å². The molecular formula is C49H38N16O2. The molecule has 12 aromatic rings. The maximum Gasteiger partial charge on any atom is 0.272 e. The van der Waals surface area contributed by atoms with Crippen LogP contribution in [0.15, 0.2) is 140 Å². The Labute approximate surface area is 378 Å². The van der Waals surface area contributed by atoms with Gasteiger partial charge in [-0.2, -0.15) is 15.3 Å². The fraction of sp³-hybridized carbons (Fsp3) is 0.0612. The summed E-state index contributed by atoms with van der Waals surface area (Å²) in [6.45, 7) is 3.87. The highest BCUT2D eigenvalue weighted by molar-refractivity contribution is 6.09. The summed E-state index contributed by atoms with van der Waals surface area (Å²) in [7, 11) is 0. The van der Waals surface area contributed by atoms with E-state index in [-0.39, 0.29) is 17.9 Å². The third-order valence-electron chi connectivity index (χ3n) is 11.5. The van der Waals surface area contributed by atoms with Crippen LogP contribution in [0.3, 0.4) is 0 Å². The van der Waals surface area contributed by atoms with Crippen LogP contribution >= 0.6 is 0 Å². The predicted molar refractivity (Wildman–Crippen MR) is 259 cm³/mol. The number of rotatable bonds is 11. The third-order valence-corrected chi connectivity index (χ3v) is 11.5. The van der Waals surface area contributed by atoms with E-state index in [2.05, 4.69) is 61.5 Å². The lowest BCUT2D eigenvalue weighted by atomic mass is 10.1. The van der Waals surface area contributed by atoms with Crippen molar-refractivity contribution in [3.05, 3.63) is 152 Å². The fourth-order valence-corrected chi connectivity index (χ4v) is 8.30. The molecule has 0 atom stereocenters. The van der Waals surface area contributed by atoms with E-state index in [0.29, 0.717) is 40.2 Å². The lowest BCUT2D eigenvalue weighted by Crippen LogP contribution is -2.30. The second-order valence-electron chi connectivity index (χ2n) is 16.4. The summed E-state index contributed by atoms with van der Waals surface area (Å²) in [5, 5.41) is 34.4. The number of hydrogen-bond donors (Lipinski definition) is 8. The van der Waals surface area contributed by atoms with Gasteiger partial charge in [-0.25, -0.2) is 24.3 Å². The number of hydrogen-bond acceptors (Lipinski definition) is 10. The predicted octanol–water partition coefficient (Wildman–Crippen LogP) is 9.26. The monoisotopic (exact) mass is 882 g/mol. The van der Waals surface area contributed by atoms with Gasteiger partial charge in [0.1, 0.15) is 22.9 Å². The van der Waals surface area contributed by atoms with Gasteiger partial charge in [0, 0.05) is 79.5 Å². The minimum Gasteiger partial charge on any atom is -0.353 e. The highest BCUT2D eigenvalue weighted by Gasteiger charge is 2.17. The summed E-state index contributed by atoms with van der Waals surface area (Å²) in [5.74, 6) is 1.38. The standard InChI is InChI=1S/C49H38N16O2/c1-26(2)55-48(66)41-19-28-5-8-34(22-40(28)59-41)64-25-33(24-53-64)56-31-7-10-43-30(17-31)23-54-65(43)47-36-21-32(6-9-38(36)62-63-47)57-44-13-16-50-45(61-44)29-4-3-27-18-42(58-39(27)20-29)49(67)60-37-12-15-52-46-35(37)11-14-51-46/h3-26,56,58-59H,1-2H3,(H,55,66)(H,62,63)(H,50,57,61)(H2,51,52,60,67). The molecule has 12 rings (SSSR count). The molecule has 67 heavy (non-hydrogen) atoms. The minimum atomic E-state index is -0.259. The van der Waals surface area contributed by atoms with E-state index < -0.39 is 0 Å². The average Bonchev–Trinajstić information content (AvgIpc) is 4.20. The van der Waals surface area contributed by atoms with Gasteiger partial charge in [0.05, 0.1) is 46.7 Å². The van der Waals surface area contributed by atoms with Crippen molar-refractivity contribution in [2.24, 2.45) is 0 Å². The maximum absolute atomic E-state index is 13.3. The first-order valence-electron chi connectivity index (χ1n) is 21.4. The van der Waals surface area contributed by atoms with E-state index in [1.807, 2.05) is 128 Å². The number of anilines is 5. The average molecular weight is 883 g/mol. The highest BCUT2D eigenvalue weighted by atomic mass is 16.2. The van der Waals surface area contributed by atoms with Crippen LogP contribution in [0, 0.1) is 0 Å². The molecule has 0 aliphatic carbocycles. The lowest BCUT2D eigenvalue weighted by Gasteiger charge is -2.08. The molecule has 0 spiro atoms. The zero-order valence-electron chi connectivity index (χ0n) is 35.8. The smallest absolute Gasteiger partial charge is 0.272 e. The summed E-state index contributed by atoms with van der Waals surface area (Å²) in [6, 6.07) is 32.9. The molecule has 4 aromatic carbocycles. The van der Waals surface area contributed by atoms with Crippen LogP contribution in [0.2, 0.25) is 0 Å². The molecule has 8 aromatic heterocycles. The van der Waals surface area contributed by atoms with E-state index in [1.54, 1.807) is 35.5 Å². The van der Waals surface area contributed by atoms with E-state index in [9.17, 15) is 9.59 Å². The first kappa shape index (κ1) is 39.0. The van der Waals surface area contributed by atoms with Crippen LogP contribution in [-0.2, 0) is 0 Å². The van der Waals surface area contributed by atoms with Gasteiger partial charge in [0.15, 0.2) is 11.6 Å². The zero-order valence-corrected chi connectivity index (χ0v) is 35.8. The first-order chi connectivity index (χ1) is 32.7. The number of benzene rings is 4. The number of nitrogens with one attached hydrogen (secondary N) is 8. The highest BCUT2D eigenvalue weighted by Crippen LogP contribution is 2.31. The number of aromatic nitrogens is 12. The molecule has 0 aliphatic rings. The summed E-state index contributed by atoms with van der Waals surface area (Å²) in [6.07, 6.45) is 10.7. The largest absolute Gasteiger partial charge is 0.353 e. The number of aromatic amines is 4. The van der Waals surface area contributed by atoms with Crippen molar-refractivity contribution in [1.82, 2.24) is 65.0 Å². The quantitative estimate of drug-likeness (QED) is 0.0613. The van der Waals surface area contributed by atoms with Gasteiger partial charge in [0.25, 0.3) is 11.8 Å². The number of carbonyl (C=O) groups excluding carboxylic acids is 2. The first-order valence-corrected chi connectivity index (χ1v) is 21.4. The summed E-state index contributed by atoms with van der Waals surface area (Å²) < 4.78 is 3.61. The van der Waals surface area contributed by atoms with Crippen LogP contribution in [-0.4, -0.2) is 77.5 Å². The van der Waals surface area contributed by atoms with E-state index in [4.69, 9.17) is 10.1 Å². The molecule has 0 radical (unpaired) electrons. The van der Waals surface area contributed by atoms with Gasteiger partial charge in [-0.15, -0.1) is 0 Å². The maximum atomic E-state index is 13.3. The Morgan fingerprint density at radius 2 is 1.48 bits per heavy atom. The molecule has 18 heteroatoms. The van der Waals surface area contributed by atoms with Gasteiger partial charge < -0.3 is 36.2 Å². The molecule has 0 saturated carbocycles. The number of fused-ring (bicyclic) bond motifs is 5. The Balaban J connectivity index is 0.743. The fourth-order valence-electron chi connectivity index (χ4n) is 8.30. The van der Waals surface area contributed by atoms with Gasteiger partial charge in [0.2, 0.25) is 0 Å². The van der Waals surface area contributed by atoms with Crippen LogP contribution < -0.4 is 21.3 Å². The minimum absolute atomic E-state index is 0.0429. The molecular weight excluding hydrogens is 845 g/mol. The zero-order chi connectivity index (χ0) is 45.2.